The molecule has 0 bridgehead atoms. The maximum Gasteiger partial charge on any atom is 0.123 e. The molecule has 112 valence electrons. The lowest BCUT2D eigenvalue weighted by atomic mass is 9.91. The lowest BCUT2D eigenvalue weighted by Crippen LogP contribution is -2.29. The predicted molar refractivity (Wildman–Crippen MR) is 82.4 cm³/mol. The van der Waals surface area contributed by atoms with E-state index in [-0.39, 0.29) is 17.6 Å². The van der Waals surface area contributed by atoms with Crippen LogP contribution in [0.3, 0.4) is 0 Å². The van der Waals surface area contributed by atoms with E-state index in [4.69, 9.17) is 0 Å². The SMILES string of the molecule is CC(C)NCC(Cc1ccc(F)cc1)c1cccc(F)c1. The molecule has 0 saturated carbocycles. The second-order valence-electron chi connectivity index (χ2n) is 5.65. The first kappa shape index (κ1) is 15.6. The van der Waals surface area contributed by atoms with Crippen LogP contribution in [0.4, 0.5) is 8.78 Å². The van der Waals surface area contributed by atoms with Gasteiger partial charge in [-0.05, 0) is 41.8 Å². The number of rotatable bonds is 6. The topological polar surface area (TPSA) is 12.0 Å². The number of halogens is 2. The van der Waals surface area contributed by atoms with Crippen molar-refractivity contribution in [2.24, 2.45) is 0 Å². The van der Waals surface area contributed by atoms with Crippen molar-refractivity contribution in [3.8, 4) is 0 Å². The number of hydrogen-bond donors (Lipinski definition) is 1. The van der Waals surface area contributed by atoms with Crippen LogP contribution in [0.25, 0.3) is 0 Å². The Hall–Kier alpha value is -1.74. The van der Waals surface area contributed by atoms with Crippen LogP contribution in [0.1, 0.15) is 30.9 Å². The molecule has 2 aromatic carbocycles. The van der Waals surface area contributed by atoms with E-state index in [2.05, 4.69) is 19.2 Å². The molecular formula is C18H21F2N. The minimum Gasteiger partial charge on any atom is -0.314 e. The van der Waals surface area contributed by atoms with Crippen molar-refractivity contribution in [2.45, 2.75) is 32.2 Å². The van der Waals surface area contributed by atoms with Gasteiger partial charge in [0.1, 0.15) is 11.6 Å². The van der Waals surface area contributed by atoms with Crippen LogP contribution in [-0.2, 0) is 6.42 Å². The highest BCUT2D eigenvalue weighted by atomic mass is 19.1. The van der Waals surface area contributed by atoms with Crippen molar-refractivity contribution in [2.75, 3.05) is 6.54 Å². The van der Waals surface area contributed by atoms with Gasteiger partial charge in [0.2, 0.25) is 0 Å². The molecule has 0 aliphatic rings. The van der Waals surface area contributed by atoms with Crippen LogP contribution >= 0.6 is 0 Å². The van der Waals surface area contributed by atoms with Gasteiger partial charge in [0.05, 0.1) is 0 Å². The summed E-state index contributed by atoms with van der Waals surface area (Å²) in [5.74, 6) is -0.295. The molecule has 0 radical (unpaired) electrons. The molecule has 0 heterocycles. The van der Waals surface area contributed by atoms with Gasteiger partial charge in [-0.1, -0.05) is 38.1 Å². The summed E-state index contributed by atoms with van der Waals surface area (Å²) >= 11 is 0. The van der Waals surface area contributed by atoms with Gasteiger partial charge in [-0.2, -0.15) is 0 Å². The van der Waals surface area contributed by atoms with Crippen molar-refractivity contribution < 1.29 is 8.78 Å². The van der Waals surface area contributed by atoms with E-state index in [1.165, 1.54) is 18.2 Å². The Labute approximate surface area is 125 Å². The van der Waals surface area contributed by atoms with Gasteiger partial charge >= 0.3 is 0 Å². The summed E-state index contributed by atoms with van der Waals surface area (Å²) in [5, 5.41) is 3.40. The van der Waals surface area contributed by atoms with Gasteiger partial charge in [-0.25, -0.2) is 8.78 Å². The number of benzene rings is 2. The van der Waals surface area contributed by atoms with Crippen LogP contribution in [0.15, 0.2) is 48.5 Å². The lowest BCUT2D eigenvalue weighted by molar-refractivity contribution is 0.523. The normalized spacial score (nSPS) is 12.6. The Bertz CT molecular complexity index is 564. The zero-order valence-corrected chi connectivity index (χ0v) is 12.4. The van der Waals surface area contributed by atoms with Crippen LogP contribution in [0, 0.1) is 11.6 Å². The second-order valence-corrected chi connectivity index (χ2v) is 5.65. The van der Waals surface area contributed by atoms with E-state index in [0.29, 0.717) is 6.04 Å². The molecule has 0 fully saturated rings. The Morgan fingerprint density at radius 2 is 1.67 bits per heavy atom. The smallest absolute Gasteiger partial charge is 0.123 e. The van der Waals surface area contributed by atoms with Gasteiger partial charge in [-0.15, -0.1) is 0 Å². The zero-order valence-electron chi connectivity index (χ0n) is 12.4. The summed E-state index contributed by atoms with van der Waals surface area (Å²) in [6.45, 7) is 4.93. The molecule has 1 N–H and O–H groups in total. The summed E-state index contributed by atoms with van der Waals surface area (Å²) in [4.78, 5) is 0. The molecule has 1 nitrogen and oxygen atoms in total. The van der Waals surface area contributed by atoms with E-state index >= 15 is 0 Å². The van der Waals surface area contributed by atoms with Gasteiger partial charge in [0.15, 0.2) is 0 Å². The monoisotopic (exact) mass is 289 g/mol. The summed E-state index contributed by atoms with van der Waals surface area (Å²) < 4.78 is 26.4. The maximum absolute atomic E-state index is 13.4. The van der Waals surface area contributed by atoms with E-state index in [1.54, 1.807) is 24.3 Å². The fourth-order valence-electron chi connectivity index (χ4n) is 2.35. The molecule has 1 unspecified atom stereocenters. The van der Waals surface area contributed by atoms with Crippen molar-refractivity contribution >= 4 is 0 Å². The first-order chi connectivity index (χ1) is 10.0. The van der Waals surface area contributed by atoms with Crippen molar-refractivity contribution in [1.29, 1.82) is 0 Å². The van der Waals surface area contributed by atoms with E-state index in [1.807, 2.05) is 6.07 Å². The fraction of sp³-hybridized carbons (Fsp3) is 0.333. The zero-order chi connectivity index (χ0) is 15.2. The van der Waals surface area contributed by atoms with E-state index < -0.39 is 0 Å². The maximum atomic E-state index is 13.4. The quantitative estimate of drug-likeness (QED) is 0.836. The standard InChI is InChI=1S/C18H21F2N/c1-13(2)21-12-16(15-4-3-5-18(20)11-15)10-14-6-8-17(19)9-7-14/h3-9,11,13,16,21H,10,12H2,1-2H3. The van der Waals surface area contributed by atoms with Crippen LogP contribution < -0.4 is 5.32 Å². The third-order valence-corrected chi connectivity index (χ3v) is 3.49. The van der Waals surface area contributed by atoms with Crippen molar-refractivity contribution in [3.05, 3.63) is 71.3 Å². The van der Waals surface area contributed by atoms with Gasteiger partial charge < -0.3 is 5.32 Å². The molecule has 0 aromatic heterocycles. The molecule has 3 heteroatoms. The molecule has 2 rings (SSSR count). The third-order valence-electron chi connectivity index (χ3n) is 3.49. The van der Waals surface area contributed by atoms with Crippen molar-refractivity contribution in [1.82, 2.24) is 5.32 Å². The Balaban J connectivity index is 2.17. The van der Waals surface area contributed by atoms with Gasteiger partial charge in [0.25, 0.3) is 0 Å². The molecule has 0 spiro atoms. The summed E-state index contributed by atoms with van der Waals surface area (Å²) in [6.07, 6.45) is 0.753. The van der Waals surface area contributed by atoms with Crippen LogP contribution in [0.5, 0.6) is 0 Å². The fourth-order valence-corrected chi connectivity index (χ4v) is 2.35. The summed E-state index contributed by atoms with van der Waals surface area (Å²) in [6, 6.07) is 13.6. The average molecular weight is 289 g/mol. The molecular weight excluding hydrogens is 268 g/mol. The van der Waals surface area contributed by atoms with Gasteiger partial charge in [0, 0.05) is 18.5 Å². The minimum absolute atomic E-state index is 0.161. The highest BCUT2D eigenvalue weighted by molar-refractivity contribution is 5.25. The highest BCUT2D eigenvalue weighted by Gasteiger charge is 2.14. The predicted octanol–water partition coefficient (Wildman–Crippen LogP) is 4.29. The molecule has 21 heavy (non-hydrogen) atoms. The molecule has 1 atom stereocenters. The Morgan fingerprint density at radius 3 is 2.29 bits per heavy atom. The minimum atomic E-state index is -0.235. The number of nitrogens with one attached hydrogen (secondary N) is 1. The Morgan fingerprint density at radius 1 is 0.952 bits per heavy atom. The van der Waals surface area contributed by atoms with Crippen molar-refractivity contribution in [3.63, 3.8) is 0 Å². The van der Waals surface area contributed by atoms with E-state index in [0.717, 1.165) is 24.1 Å². The third kappa shape index (κ3) is 4.94. The molecule has 0 aliphatic heterocycles. The molecule has 2 aromatic rings. The molecule has 0 saturated heterocycles. The first-order valence-corrected chi connectivity index (χ1v) is 7.28. The summed E-state index contributed by atoms with van der Waals surface area (Å²) in [7, 11) is 0. The Kier molecular flexibility index (Phi) is 5.45. The lowest BCUT2D eigenvalue weighted by Gasteiger charge is -2.20. The second kappa shape index (κ2) is 7.32. The number of hydrogen-bond acceptors (Lipinski definition) is 1. The largest absolute Gasteiger partial charge is 0.314 e. The van der Waals surface area contributed by atoms with Crippen LogP contribution in [0.2, 0.25) is 0 Å². The average Bonchev–Trinajstić information content (AvgIpc) is 2.45. The first-order valence-electron chi connectivity index (χ1n) is 7.28. The molecule has 0 amide bonds. The molecule has 0 aliphatic carbocycles. The highest BCUT2D eigenvalue weighted by Crippen LogP contribution is 2.21. The summed E-state index contributed by atoms with van der Waals surface area (Å²) in [5.41, 5.74) is 2.02. The van der Waals surface area contributed by atoms with E-state index in [9.17, 15) is 8.78 Å². The van der Waals surface area contributed by atoms with Crippen LogP contribution in [-0.4, -0.2) is 12.6 Å². The van der Waals surface area contributed by atoms with Gasteiger partial charge in [-0.3, -0.25) is 0 Å².